The molecule has 2 bridgehead atoms. The second-order valence-corrected chi connectivity index (χ2v) is 11.2. The lowest BCUT2D eigenvalue weighted by Crippen LogP contribution is -2.38. The summed E-state index contributed by atoms with van der Waals surface area (Å²) in [6.07, 6.45) is 5.27. The summed E-state index contributed by atoms with van der Waals surface area (Å²) in [6, 6.07) is 0. The molecule has 1 heterocycles. The van der Waals surface area contributed by atoms with Crippen molar-refractivity contribution in [2.75, 3.05) is 5.32 Å². The smallest absolute Gasteiger partial charge is 0.307 e. The lowest BCUT2D eigenvalue weighted by molar-refractivity contribution is -0.148. The first-order valence-corrected chi connectivity index (χ1v) is 11.4. The van der Waals surface area contributed by atoms with Gasteiger partial charge in [-0.25, -0.2) is 0 Å². The van der Waals surface area contributed by atoms with Gasteiger partial charge < -0.3 is 16.2 Å². The van der Waals surface area contributed by atoms with Crippen molar-refractivity contribution < 1.29 is 19.5 Å². The Morgan fingerprint density at radius 2 is 1.76 bits per heavy atom. The summed E-state index contributed by atoms with van der Waals surface area (Å²) >= 11 is 1.45. The molecule has 0 saturated heterocycles. The average Bonchev–Trinajstić information content (AvgIpc) is 3.31. The Bertz CT molecular complexity index is 869. The molecular weight excluding hydrogens is 388 g/mol. The highest BCUT2D eigenvalue weighted by molar-refractivity contribution is 7.17. The third kappa shape index (κ3) is 3.47. The zero-order valence-corrected chi connectivity index (χ0v) is 18.1. The lowest BCUT2D eigenvalue weighted by Gasteiger charge is -2.33. The van der Waals surface area contributed by atoms with Gasteiger partial charge in [-0.3, -0.25) is 14.4 Å². The third-order valence-corrected chi connectivity index (χ3v) is 8.65. The van der Waals surface area contributed by atoms with Crippen molar-refractivity contribution in [2.45, 2.75) is 59.3 Å². The van der Waals surface area contributed by atoms with E-state index in [-0.39, 0.29) is 23.2 Å². The van der Waals surface area contributed by atoms with Crippen molar-refractivity contribution in [1.82, 2.24) is 0 Å². The summed E-state index contributed by atoms with van der Waals surface area (Å²) in [5.74, 6) is -2.08. The molecule has 0 unspecified atom stereocenters. The number of fused-ring (bicyclic) bond motifs is 3. The Kier molecular flexibility index (Phi) is 5.00. The molecule has 2 fully saturated rings. The van der Waals surface area contributed by atoms with Gasteiger partial charge in [0.1, 0.15) is 5.00 Å². The molecule has 0 radical (unpaired) electrons. The molecule has 0 aromatic carbocycles. The average molecular weight is 419 g/mol. The zero-order valence-electron chi connectivity index (χ0n) is 17.3. The first-order chi connectivity index (χ1) is 13.6. The number of aliphatic carboxylic acids is 1. The van der Waals surface area contributed by atoms with Gasteiger partial charge >= 0.3 is 5.97 Å². The van der Waals surface area contributed by atoms with Crippen molar-refractivity contribution >= 4 is 34.1 Å². The fourth-order valence-electron chi connectivity index (χ4n) is 5.89. The first-order valence-electron chi connectivity index (χ1n) is 10.6. The monoisotopic (exact) mass is 418 g/mol. The molecule has 2 saturated carbocycles. The summed E-state index contributed by atoms with van der Waals surface area (Å²) in [5, 5.41) is 13.1. The summed E-state index contributed by atoms with van der Waals surface area (Å²) in [5.41, 5.74) is 7.27. The number of anilines is 1. The number of carboxylic acid groups (broad SMARTS) is 1. The summed E-state index contributed by atoms with van der Waals surface area (Å²) in [7, 11) is 0. The van der Waals surface area contributed by atoms with Crippen LogP contribution in [0.4, 0.5) is 5.00 Å². The van der Waals surface area contributed by atoms with E-state index in [9.17, 15) is 19.5 Å². The highest BCUT2D eigenvalue weighted by Crippen LogP contribution is 2.53. The van der Waals surface area contributed by atoms with Crippen LogP contribution in [0, 0.1) is 35.0 Å². The number of hydrogen-bond acceptors (Lipinski definition) is 4. The predicted octanol–water partition coefficient (Wildman–Crippen LogP) is 3.68. The molecule has 6 nitrogen and oxygen atoms in total. The molecule has 29 heavy (non-hydrogen) atoms. The van der Waals surface area contributed by atoms with Crippen LogP contribution in [-0.2, 0) is 22.4 Å². The quantitative estimate of drug-likeness (QED) is 0.693. The SMILES string of the molecule is CC(C)(C)[C@@H]1CCc2c(sc(NC(=O)[C@H]3[C@H]4CC[C@@H](C4)[C@@H]3C(=O)O)c2C(N)=O)C1. The highest BCUT2D eigenvalue weighted by Gasteiger charge is 2.54. The number of carbonyl (C=O) groups excluding carboxylic acids is 2. The van der Waals surface area contributed by atoms with Gasteiger partial charge in [0.15, 0.2) is 0 Å². The molecule has 1 aromatic rings. The van der Waals surface area contributed by atoms with E-state index < -0.39 is 23.7 Å². The first kappa shape index (κ1) is 20.4. The minimum atomic E-state index is -0.883. The number of nitrogens with one attached hydrogen (secondary N) is 1. The van der Waals surface area contributed by atoms with E-state index in [1.54, 1.807) is 0 Å². The maximum absolute atomic E-state index is 13.1. The Balaban J connectivity index is 1.61. The van der Waals surface area contributed by atoms with Gasteiger partial charge in [0.2, 0.25) is 5.91 Å². The van der Waals surface area contributed by atoms with Gasteiger partial charge in [0.25, 0.3) is 5.91 Å². The van der Waals surface area contributed by atoms with E-state index in [2.05, 4.69) is 26.1 Å². The fourth-order valence-corrected chi connectivity index (χ4v) is 7.23. The number of primary amides is 1. The number of hydrogen-bond donors (Lipinski definition) is 3. The van der Waals surface area contributed by atoms with Gasteiger partial charge in [0, 0.05) is 4.88 Å². The number of nitrogens with two attached hydrogens (primary N) is 1. The van der Waals surface area contributed by atoms with Crippen molar-refractivity contribution in [2.24, 2.45) is 40.7 Å². The molecule has 5 atom stereocenters. The van der Waals surface area contributed by atoms with E-state index in [1.807, 2.05) is 0 Å². The van der Waals surface area contributed by atoms with E-state index >= 15 is 0 Å². The van der Waals surface area contributed by atoms with Crippen molar-refractivity contribution in [1.29, 1.82) is 0 Å². The minimum Gasteiger partial charge on any atom is -0.481 e. The standard InChI is InChI=1S/C22H30N2O4S/c1-22(2,3)12-6-7-13-14(9-12)29-20(17(13)18(23)25)24-19(26)15-10-4-5-11(8-10)16(15)21(27)28/h10-12,15-16H,4-9H2,1-3H3,(H2,23,25)(H,24,26)(H,27,28)/t10-,11-,12+,15-,16-/m0/s1. The second kappa shape index (κ2) is 7.11. The number of rotatable bonds is 4. The second-order valence-electron chi connectivity index (χ2n) is 10.1. The Morgan fingerprint density at radius 1 is 1.10 bits per heavy atom. The largest absolute Gasteiger partial charge is 0.481 e. The zero-order chi connectivity index (χ0) is 21.1. The maximum atomic E-state index is 13.1. The van der Waals surface area contributed by atoms with Gasteiger partial charge in [-0.05, 0) is 67.3 Å². The summed E-state index contributed by atoms with van der Waals surface area (Å²) in [4.78, 5) is 38.2. The van der Waals surface area contributed by atoms with Crippen LogP contribution in [0.15, 0.2) is 0 Å². The van der Waals surface area contributed by atoms with Crippen LogP contribution in [0.3, 0.4) is 0 Å². The molecular formula is C22H30N2O4S. The molecule has 4 N–H and O–H groups in total. The van der Waals surface area contributed by atoms with Crippen LogP contribution in [-0.4, -0.2) is 22.9 Å². The van der Waals surface area contributed by atoms with Crippen molar-refractivity contribution in [3.63, 3.8) is 0 Å². The van der Waals surface area contributed by atoms with Crippen molar-refractivity contribution in [3.05, 3.63) is 16.0 Å². The highest BCUT2D eigenvalue weighted by atomic mass is 32.1. The fraction of sp³-hybridized carbons (Fsp3) is 0.682. The molecule has 0 aliphatic heterocycles. The van der Waals surface area contributed by atoms with Crippen LogP contribution in [0.5, 0.6) is 0 Å². The van der Waals surface area contributed by atoms with Crippen LogP contribution in [0.1, 0.15) is 67.3 Å². The molecule has 2 amide bonds. The van der Waals surface area contributed by atoms with Gasteiger partial charge in [0.05, 0.1) is 17.4 Å². The Morgan fingerprint density at radius 3 is 2.34 bits per heavy atom. The topological polar surface area (TPSA) is 109 Å². The van der Waals surface area contributed by atoms with E-state index in [0.717, 1.165) is 49.0 Å². The summed E-state index contributed by atoms with van der Waals surface area (Å²) < 4.78 is 0. The molecule has 158 valence electrons. The molecule has 7 heteroatoms. The van der Waals surface area contributed by atoms with Gasteiger partial charge in [-0.1, -0.05) is 20.8 Å². The molecule has 3 aliphatic rings. The number of amides is 2. The van der Waals surface area contributed by atoms with E-state index in [4.69, 9.17) is 5.73 Å². The Hall–Kier alpha value is -1.89. The molecule has 3 aliphatic carbocycles. The third-order valence-electron chi connectivity index (χ3n) is 7.48. The van der Waals surface area contributed by atoms with Crippen LogP contribution >= 0.6 is 11.3 Å². The van der Waals surface area contributed by atoms with Crippen LogP contribution < -0.4 is 11.1 Å². The van der Waals surface area contributed by atoms with E-state index in [0.29, 0.717) is 16.5 Å². The maximum Gasteiger partial charge on any atom is 0.307 e. The summed E-state index contributed by atoms with van der Waals surface area (Å²) in [6.45, 7) is 6.69. The molecule has 1 aromatic heterocycles. The van der Waals surface area contributed by atoms with Gasteiger partial charge in [-0.15, -0.1) is 11.3 Å². The molecule has 4 rings (SSSR count). The lowest BCUT2D eigenvalue weighted by atomic mass is 9.72. The normalized spacial score (nSPS) is 30.8. The van der Waals surface area contributed by atoms with E-state index in [1.165, 1.54) is 11.3 Å². The Labute approximate surface area is 175 Å². The van der Waals surface area contributed by atoms with Crippen LogP contribution in [0.25, 0.3) is 0 Å². The van der Waals surface area contributed by atoms with Crippen molar-refractivity contribution in [3.8, 4) is 0 Å². The minimum absolute atomic E-state index is 0.0907. The predicted molar refractivity (Wildman–Crippen MR) is 112 cm³/mol. The van der Waals surface area contributed by atoms with Gasteiger partial charge in [-0.2, -0.15) is 0 Å². The number of thiophene rings is 1. The molecule has 0 spiro atoms. The number of carboxylic acids is 1. The van der Waals surface area contributed by atoms with Crippen LogP contribution in [0.2, 0.25) is 0 Å². The number of carbonyl (C=O) groups is 3.